The molecule has 0 unspecified atom stereocenters. The van der Waals surface area contributed by atoms with Crippen LogP contribution in [-0.2, 0) is 10.0 Å². The average Bonchev–Trinajstić information content (AvgIpc) is 2.51. The molecule has 9 heteroatoms. The molecule has 1 aliphatic rings. The summed E-state index contributed by atoms with van der Waals surface area (Å²) in [6, 6.07) is 6.31. The first-order chi connectivity index (χ1) is 12.3. The van der Waals surface area contributed by atoms with Gasteiger partial charge in [-0.1, -0.05) is 0 Å². The summed E-state index contributed by atoms with van der Waals surface area (Å²) in [7, 11) is -3.82. The molecule has 1 aromatic heterocycles. The molecule has 0 atom stereocenters. The Morgan fingerprint density at radius 1 is 1.27 bits per heavy atom. The second kappa shape index (κ2) is 7.08. The summed E-state index contributed by atoms with van der Waals surface area (Å²) >= 11 is 0. The van der Waals surface area contributed by atoms with Crippen LogP contribution in [0.25, 0.3) is 0 Å². The van der Waals surface area contributed by atoms with Gasteiger partial charge in [-0.2, -0.15) is 4.31 Å². The maximum atomic E-state index is 13.9. The zero-order valence-corrected chi connectivity index (χ0v) is 15.1. The Bertz CT molecular complexity index is 965. The number of hydrogen-bond acceptors (Lipinski definition) is 6. The van der Waals surface area contributed by atoms with Crippen molar-refractivity contribution < 1.29 is 26.7 Å². The smallest absolute Gasteiger partial charge is 0.339 e. The number of hydrogen-bond donors (Lipinski definition) is 0. The third-order valence-corrected chi connectivity index (χ3v) is 5.65. The molecule has 1 aliphatic heterocycles. The fourth-order valence-corrected chi connectivity index (χ4v) is 4.09. The summed E-state index contributed by atoms with van der Waals surface area (Å²) in [5, 5.41) is 0. The Morgan fingerprint density at radius 2 is 2.00 bits per heavy atom. The molecule has 7 nitrogen and oxygen atoms in total. The molecule has 1 aromatic carbocycles. The first-order valence-corrected chi connectivity index (χ1v) is 9.44. The SMILES string of the molecule is CCOc1ccc(S(=O)(=O)N2CC(Oc3cc(C)oc(=O)c3)C2)cc1F. The standard InChI is InChI=1S/C17H18FNO6S/c1-3-23-16-5-4-14(8-15(16)18)26(21,22)19-9-13(10-19)25-12-6-11(2)24-17(20)7-12/h4-8,13H,3,9-10H2,1-2H3. The number of rotatable bonds is 6. The van der Waals surface area contributed by atoms with Crippen molar-refractivity contribution in [3.05, 3.63) is 52.3 Å². The molecule has 1 fully saturated rings. The van der Waals surface area contributed by atoms with E-state index in [4.69, 9.17) is 13.9 Å². The van der Waals surface area contributed by atoms with E-state index in [1.807, 2.05) is 0 Å². The molecule has 2 heterocycles. The van der Waals surface area contributed by atoms with E-state index in [9.17, 15) is 17.6 Å². The summed E-state index contributed by atoms with van der Waals surface area (Å²) in [5.41, 5.74) is -0.534. The lowest BCUT2D eigenvalue weighted by Crippen LogP contribution is -2.56. The van der Waals surface area contributed by atoms with Gasteiger partial charge in [-0.05, 0) is 32.0 Å². The molecule has 0 N–H and O–H groups in total. The molecule has 0 spiro atoms. The van der Waals surface area contributed by atoms with Crippen molar-refractivity contribution in [3.8, 4) is 11.5 Å². The molecule has 2 aromatic rings. The van der Waals surface area contributed by atoms with E-state index in [0.717, 1.165) is 6.07 Å². The summed E-state index contributed by atoms with van der Waals surface area (Å²) in [4.78, 5) is 11.2. The van der Waals surface area contributed by atoms with Crippen LogP contribution in [-0.4, -0.2) is 38.5 Å². The second-order valence-corrected chi connectivity index (χ2v) is 7.75. The van der Waals surface area contributed by atoms with Gasteiger partial charge in [-0.15, -0.1) is 0 Å². The number of ether oxygens (including phenoxy) is 2. The first kappa shape index (κ1) is 18.4. The Morgan fingerprint density at radius 3 is 2.62 bits per heavy atom. The monoisotopic (exact) mass is 383 g/mol. The highest BCUT2D eigenvalue weighted by atomic mass is 32.2. The molecule has 0 saturated carbocycles. The van der Waals surface area contributed by atoms with Crippen molar-refractivity contribution in [3.63, 3.8) is 0 Å². The van der Waals surface area contributed by atoms with Gasteiger partial charge in [0.1, 0.15) is 17.6 Å². The van der Waals surface area contributed by atoms with Crippen LogP contribution in [0.2, 0.25) is 0 Å². The van der Waals surface area contributed by atoms with Crippen molar-refractivity contribution >= 4 is 10.0 Å². The zero-order chi connectivity index (χ0) is 18.9. The lowest BCUT2D eigenvalue weighted by atomic mass is 10.2. The van der Waals surface area contributed by atoms with Gasteiger partial charge in [0.25, 0.3) is 0 Å². The first-order valence-electron chi connectivity index (χ1n) is 8.00. The molecule has 0 aliphatic carbocycles. The highest BCUT2D eigenvalue weighted by molar-refractivity contribution is 7.89. The number of benzene rings is 1. The van der Waals surface area contributed by atoms with E-state index in [0.29, 0.717) is 11.5 Å². The van der Waals surface area contributed by atoms with Crippen molar-refractivity contribution in [1.82, 2.24) is 4.31 Å². The Hall–Kier alpha value is -2.39. The topological polar surface area (TPSA) is 86.1 Å². The van der Waals surface area contributed by atoms with Gasteiger partial charge in [0.2, 0.25) is 10.0 Å². The van der Waals surface area contributed by atoms with Gasteiger partial charge in [0.05, 0.1) is 30.7 Å². The minimum absolute atomic E-state index is 0.00884. The van der Waals surface area contributed by atoms with E-state index in [1.54, 1.807) is 19.9 Å². The van der Waals surface area contributed by atoms with Crippen LogP contribution in [0.3, 0.4) is 0 Å². The third kappa shape index (κ3) is 3.73. The van der Waals surface area contributed by atoms with Crippen molar-refractivity contribution in [2.24, 2.45) is 0 Å². The molecule has 3 rings (SSSR count). The lowest BCUT2D eigenvalue weighted by Gasteiger charge is -2.37. The van der Waals surface area contributed by atoms with Gasteiger partial charge in [-0.3, -0.25) is 0 Å². The second-order valence-electron chi connectivity index (χ2n) is 5.81. The summed E-state index contributed by atoms with van der Waals surface area (Å²) in [6.07, 6.45) is -0.390. The van der Waals surface area contributed by atoms with E-state index in [2.05, 4.69) is 0 Å². The highest BCUT2D eigenvalue weighted by Gasteiger charge is 2.38. The van der Waals surface area contributed by atoms with Crippen LogP contribution in [0.4, 0.5) is 4.39 Å². The number of nitrogens with zero attached hydrogens (tertiary/aromatic N) is 1. The van der Waals surface area contributed by atoms with E-state index in [-0.39, 0.29) is 30.3 Å². The molecule has 0 bridgehead atoms. The van der Waals surface area contributed by atoms with Crippen LogP contribution in [0.5, 0.6) is 11.5 Å². The Labute approximate surface area is 150 Å². The van der Waals surface area contributed by atoms with Crippen LogP contribution in [0, 0.1) is 12.7 Å². The zero-order valence-electron chi connectivity index (χ0n) is 14.3. The van der Waals surface area contributed by atoms with Crippen LogP contribution in [0.1, 0.15) is 12.7 Å². The van der Waals surface area contributed by atoms with Gasteiger partial charge >= 0.3 is 5.63 Å². The van der Waals surface area contributed by atoms with Crippen molar-refractivity contribution in [2.75, 3.05) is 19.7 Å². The highest BCUT2D eigenvalue weighted by Crippen LogP contribution is 2.27. The van der Waals surface area contributed by atoms with E-state index >= 15 is 0 Å². The fraction of sp³-hybridized carbons (Fsp3) is 0.353. The van der Waals surface area contributed by atoms with Gasteiger partial charge in [0, 0.05) is 6.07 Å². The van der Waals surface area contributed by atoms with Crippen LogP contribution < -0.4 is 15.1 Å². The van der Waals surface area contributed by atoms with Crippen molar-refractivity contribution in [1.29, 1.82) is 0 Å². The summed E-state index contributed by atoms with van der Waals surface area (Å²) in [5.74, 6) is 0.0105. The molecule has 26 heavy (non-hydrogen) atoms. The van der Waals surface area contributed by atoms with E-state index in [1.165, 1.54) is 22.5 Å². The van der Waals surface area contributed by atoms with Crippen LogP contribution in [0.15, 0.2) is 44.4 Å². The molecular weight excluding hydrogens is 365 g/mol. The quantitative estimate of drug-likeness (QED) is 0.758. The predicted octanol–water partition coefficient (Wildman–Crippen LogP) is 1.94. The largest absolute Gasteiger partial charge is 0.491 e. The predicted molar refractivity (Wildman–Crippen MR) is 90.5 cm³/mol. The number of aryl methyl sites for hydroxylation is 1. The van der Waals surface area contributed by atoms with Gasteiger partial charge in [0.15, 0.2) is 11.6 Å². The number of halogens is 1. The minimum atomic E-state index is -3.82. The maximum Gasteiger partial charge on any atom is 0.339 e. The third-order valence-electron chi connectivity index (χ3n) is 3.83. The molecule has 140 valence electrons. The molecule has 0 radical (unpaired) electrons. The lowest BCUT2D eigenvalue weighted by molar-refractivity contribution is 0.0754. The fourth-order valence-electron chi connectivity index (χ4n) is 2.57. The maximum absolute atomic E-state index is 13.9. The normalized spacial score (nSPS) is 15.5. The van der Waals surface area contributed by atoms with Gasteiger partial charge < -0.3 is 13.9 Å². The average molecular weight is 383 g/mol. The minimum Gasteiger partial charge on any atom is -0.491 e. The summed E-state index contributed by atoms with van der Waals surface area (Å²) in [6.45, 7) is 3.83. The van der Waals surface area contributed by atoms with Crippen molar-refractivity contribution in [2.45, 2.75) is 24.8 Å². The molecular formula is C17H18FNO6S. The van der Waals surface area contributed by atoms with Crippen LogP contribution >= 0.6 is 0 Å². The Kier molecular flexibility index (Phi) is 5.01. The van der Waals surface area contributed by atoms with Gasteiger partial charge in [-0.25, -0.2) is 17.6 Å². The summed E-state index contributed by atoms with van der Waals surface area (Å²) < 4.78 is 55.7. The Balaban J connectivity index is 1.67. The number of sulfonamides is 1. The molecule has 0 amide bonds. The van der Waals surface area contributed by atoms with E-state index < -0.39 is 27.6 Å². The molecule has 1 saturated heterocycles.